The summed E-state index contributed by atoms with van der Waals surface area (Å²) < 4.78 is 71.0. The summed E-state index contributed by atoms with van der Waals surface area (Å²) in [4.78, 5) is 23.1. The van der Waals surface area contributed by atoms with Crippen molar-refractivity contribution in [3.05, 3.63) is 57.8 Å². The molecular weight excluding hydrogens is 476 g/mol. The average molecular weight is 496 g/mol. The molecule has 1 saturated carbocycles. The predicted octanol–water partition coefficient (Wildman–Crippen LogP) is 1.32. The number of alkyl halides is 3. The molecule has 182 valence electrons. The molecule has 0 saturated heterocycles. The summed E-state index contributed by atoms with van der Waals surface area (Å²) in [7, 11) is 5.28. The van der Waals surface area contributed by atoms with Crippen LogP contribution in [0, 0.1) is 28.9 Å². The molecule has 3 aromatic rings. The Labute approximate surface area is 206 Å². The van der Waals surface area contributed by atoms with Gasteiger partial charge in [0.15, 0.2) is 17.5 Å². The maximum absolute atomic E-state index is 15.2. The van der Waals surface area contributed by atoms with E-state index in [9.17, 15) is 22.4 Å². The highest BCUT2D eigenvalue weighted by Gasteiger charge is 2.62. The van der Waals surface area contributed by atoms with Crippen LogP contribution in [0.25, 0.3) is 10.9 Å². The number of nitrogens with zero attached hydrogens (tertiary/aromatic N) is 4. The summed E-state index contributed by atoms with van der Waals surface area (Å²) >= 11 is 0. The quantitative estimate of drug-likeness (QED) is 0.306. The van der Waals surface area contributed by atoms with E-state index < -0.39 is 34.2 Å². The first kappa shape index (κ1) is 24.4. The molecule has 5 rings (SSSR count). The Morgan fingerprint density at radius 2 is 1.81 bits per heavy atom. The van der Waals surface area contributed by atoms with Gasteiger partial charge in [-0.3, -0.25) is 0 Å². The fraction of sp³-hybridized carbons (Fsp3) is 0.348. The highest BCUT2D eigenvalue weighted by Crippen LogP contribution is 2.57. The van der Waals surface area contributed by atoms with E-state index in [1.165, 1.54) is 16.8 Å². The van der Waals surface area contributed by atoms with E-state index in [0.29, 0.717) is 30.6 Å². The molecule has 2 aliphatic rings. The Bertz CT molecular complexity index is 1520. The van der Waals surface area contributed by atoms with Gasteiger partial charge in [0, 0.05) is 24.0 Å². The SMILES string of the molecule is BC(B)(B)n1c(=O)nc(N2CCCc3c2ccnc3C#CC2(C(F)(F)F)CC2)c2c(F)c(F)ccc21. The van der Waals surface area contributed by atoms with Crippen LogP contribution in [0.5, 0.6) is 0 Å². The molecule has 1 aliphatic heterocycles. The smallest absolute Gasteiger partial charge is 0.325 e. The lowest BCUT2D eigenvalue weighted by molar-refractivity contribution is -0.168. The Morgan fingerprint density at radius 3 is 2.44 bits per heavy atom. The molecule has 13 heteroatoms. The van der Waals surface area contributed by atoms with Crippen LogP contribution in [0.15, 0.2) is 29.2 Å². The number of anilines is 2. The lowest BCUT2D eigenvalue weighted by atomic mass is 9.49. The van der Waals surface area contributed by atoms with E-state index in [0.717, 1.165) is 6.07 Å². The van der Waals surface area contributed by atoms with Crippen molar-refractivity contribution < 1.29 is 22.0 Å². The largest absolute Gasteiger partial charge is 0.405 e. The van der Waals surface area contributed by atoms with Crippen molar-refractivity contribution in [1.82, 2.24) is 14.5 Å². The van der Waals surface area contributed by atoms with Gasteiger partial charge in [0.1, 0.15) is 34.6 Å². The van der Waals surface area contributed by atoms with Gasteiger partial charge in [-0.2, -0.15) is 18.2 Å². The van der Waals surface area contributed by atoms with Gasteiger partial charge in [0.25, 0.3) is 0 Å². The van der Waals surface area contributed by atoms with Crippen molar-refractivity contribution in [3.63, 3.8) is 0 Å². The van der Waals surface area contributed by atoms with Gasteiger partial charge in [-0.05, 0) is 55.0 Å². The number of hydrogen-bond acceptors (Lipinski definition) is 4. The van der Waals surface area contributed by atoms with Crippen molar-refractivity contribution in [1.29, 1.82) is 0 Å². The van der Waals surface area contributed by atoms with Crippen LogP contribution in [0.2, 0.25) is 0 Å². The molecular formula is C23H20B3F5N4O. The average Bonchev–Trinajstić information content (AvgIpc) is 3.60. The molecule has 5 nitrogen and oxygen atoms in total. The highest BCUT2D eigenvalue weighted by molar-refractivity contribution is 6.56. The number of aromatic nitrogens is 3. The van der Waals surface area contributed by atoms with Crippen molar-refractivity contribution in [2.75, 3.05) is 11.4 Å². The number of halogens is 5. The monoisotopic (exact) mass is 496 g/mol. The second-order valence-corrected chi connectivity index (χ2v) is 10.2. The third-order valence-corrected chi connectivity index (χ3v) is 6.70. The summed E-state index contributed by atoms with van der Waals surface area (Å²) in [6, 6.07) is 3.95. The Kier molecular flexibility index (Phi) is 5.50. The summed E-state index contributed by atoms with van der Waals surface area (Å²) in [5, 5.41) is -0.898. The highest BCUT2D eigenvalue weighted by atomic mass is 19.4. The van der Waals surface area contributed by atoms with E-state index in [1.807, 2.05) is 0 Å². The van der Waals surface area contributed by atoms with Crippen LogP contribution in [-0.4, -0.2) is 50.8 Å². The Balaban J connectivity index is 1.70. The topological polar surface area (TPSA) is 51.0 Å². The predicted molar refractivity (Wildman–Crippen MR) is 134 cm³/mol. The Hall–Kier alpha value is -3.29. The molecule has 36 heavy (non-hydrogen) atoms. The van der Waals surface area contributed by atoms with Gasteiger partial charge in [-0.25, -0.2) is 18.6 Å². The molecule has 3 heterocycles. The number of benzene rings is 1. The van der Waals surface area contributed by atoms with Gasteiger partial charge < -0.3 is 9.47 Å². The molecule has 1 aromatic carbocycles. The molecule has 1 aliphatic carbocycles. The van der Waals surface area contributed by atoms with Gasteiger partial charge in [0.2, 0.25) is 0 Å². The molecule has 1 fully saturated rings. The first-order chi connectivity index (χ1) is 16.8. The normalized spacial score (nSPS) is 16.9. The summed E-state index contributed by atoms with van der Waals surface area (Å²) in [5.74, 6) is 2.74. The van der Waals surface area contributed by atoms with Gasteiger partial charge in [-0.15, -0.1) is 0 Å². The standard InChI is InChI=1S/C23H20B3F5N4O/c24-23(25,26)35-16-4-3-13(27)18(28)17(16)19(33-20(35)36)34-11-1-2-12-14(32-10-6-15(12)34)5-7-21(8-9-21)22(29,30)31/h3-4,6,10H,1-2,8-9,11,24-26H2. The van der Waals surface area contributed by atoms with Crippen molar-refractivity contribution in [3.8, 4) is 11.8 Å². The van der Waals surface area contributed by atoms with Crippen LogP contribution in [0.1, 0.15) is 30.5 Å². The van der Waals surface area contributed by atoms with Gasteiger partial charge in [-0.1, -0.05) is 5.92 Å². The molecule has 0 amide bonds. The molecule has 2 aromatic heterocycles. The minimum atomic E-state index is -4.41. The molecule has 0 unspecified atom stereocenters. The zero-order chi connectivity index (χ0) is 26.0. The van der Waals surface area contributed by atoms with Crippen molar-refractivity contribution in [2.45, 2.75) is 37.1 Å². The fourth-order valence-electron chi connectivity index (χ4n) is 4.71. The second kappa shape index (κ2) is 8.12. The minimum absolute atomic E-state index is 0.0462. The lowest BCUT2D eigenvalue weighted by Gasteiger charge is -2.33. The number of rotatable bonds is 2. The van der Waals surface area contributed by atoms with Crippen LogP contribution in [0.4, 0.5) is 33.5 Å². The summed E-state index contributed by atoms with van der Waals surface area (Å²) in [6.45, 7) is 0.341. The van der Waals surface area contributed by atoms with Crippen LogP contribution in [-0.2, 0) is 11.7 Å². The number of hydrogen-bond donors (Lipinski definition) is 0. The van der Waals surface area contributed by atoms with Crippen LogP contribution in [0.3, 0.4) is 0 Å². The molecule has 0 N–H and O–H groups in total. The summed E-state index contributed by atoms with van der Waals surface area (Å²) in [6.07, 6.45) is -2.09. The lowest BCUT2D eigenvalue weighted by Crippen LogP contribution is -2.44. The molecule has 0 radical (unpaired) electrons. The number of fused-ring (bicyclic) bond motifs is 2. The zero-order valence-electron chi connectivity index (χ0n) is 19.9. The first-order valence-electron chi connectivity index (χ1n) is 11.6. The van der Waals surface area contributed by atoms with Gasteiger partial charge in [0.05, 0.1) is 10.9 Å². The maximum Gasteiger partial charge on any atom is 0.405 e. The van der Waals surface area contributed by atoms with E-state index in [1.54, 1.807) is 34.5 Å². The number of pyridine rings is 1. The van der Waals surface area contributed by atoms with Gasteiger partial charge >= 0.3 is 11.9 Å². The summed E-state index contributed by atoms with van der Waals surface area (Å²) in [5.41, 5.74) is -1.14. The Morgan fingerprint density at radius 1 is 1.08 bits per heavy atom. The van der Waals surface area contributed by atoms with Crippen LogP contribution < -0.4 is 10.6 Å². The van der Waals surface area contributed by atoms with E-state index in [2.05, 4.69) is 21.8 Å². The van der Waals surface area contributed by atoms with E-state index in [-0.39, 0.29) is 35.3 Å². The minimum Gasteiger partial charge on any atom is -0.325 e. The third kappa shape index (κ3) is 3.87. The third-order valence-electron chi connectivity index (χ3n) is 6.70. The van der Waals surface area contributed by atoms with E-state index >= 15 is 4.39 Å². The first-order valence-corrected chi connectivity index (χ1v) is 11.6. The van der Waals surface area contributed by atoms with Crippen LogP contribution >= 0.6 is 0 Å². The van der Waals surface area contributed by atoms with Crippen molar-refractivity contribution >= 4 is 45.9 Å². The van der Waals surface area contributed by atoms with E-state index in [4.69, 9.17) is 0 Å². The second-order valence-electron chi connectivity index (χ2n) is 10.2. The maximum atomic E-state index is 15.2. The van der Waals surface area contributed by atoms with Crippen molar-refractivity contribution in [2.24, 2.45) is 5.41 Å². The molecule has 0 atom stereocenters. The molecule has 0 bridgehead atoms. The molecule has 0 spiro atoms. The zero-order valence-corrected chi connectivity index (χ0v) is 19.9. The fourth-order valence-corrected chi connectivity index (χ4v) is 4.71.